The smallest absolute Gasteiger partial charge is 0.262 e. The predicted molar refractivity (Wildman–Crippen MR) is 77.6 cm³/mol. The van der Waals surface area contributed by atoms with E-state index in [0.717, 1.165) is 12.8 Å². The third-order valence-corrected chi connectivity index (χ3v) is 5.72. The highest BCUT2D eigenvalue weighted by molar-refractivity contribution is 7.89. The van der Waals surface area contributed by atoms with E-state index in [1.165, 1.54) is 16.8 Å². The van der Waals surface area contributed by atoms with E-state index in [2.05, 4.69) is 15.2 Å². The second-order valence-electron chi connectivity index (χ2n) is 6.01. The maximum Gasteiger partial charge on any atom is 0.262 e. The summed E-state index contributed by atoms with van der Waals surface area (Å²) in [5.41, 5.74) is -0.471. The fraction of sp³-hybridized carbons (Fsp3) is 0.615. The Kier molecular flexibility index (Phi) is 3.56. The molecule has 1 aliphatic heterocycles. The molecule has 0 aromatic carbocycles. The molecular formula is C13H19N5O3S. The van der Waals surface area contributed by atoms with Crippen molar-refractivity contribution >= 4 is 10.0 Å². The molecule has 22 heavy (non-hydrogen) atoms. The summed E-state index contributed by atoms with van der Waals surface area (Å²) in [6.45, 7) is 4.47. The number of sulfonamides is 1. The Hall–Kier alpha value is -1.74. The lowest BCUT2D eigenvalue weighted by molar-refractivity contribution is 0.202. The molecule has 2 aromatic heterocycles. The van der Waals surface area contributed by atoms with Crippen LogP contribution in [0.15, 0.2) is 22.0 Å². The van der Waals surface area contributed by atoms with Gasteiger partial charge in [0.15, 0.2) is 5.03 Å². The van der Waals surface area contributed by atoms with Crippen LogP contribution in [0.25, 0.3) is 0 Å². The highest BCUT2D eigenvalue weighted by atomic mass is 32.2. The van der Waals surface area contributed by atoms with E-state index >= 15 is 0 Å². The van der Waals surface area contributed by atoms with E-state index in [1.807, 2.05) is 6.92 Å². The molecule has 1 unspecified atom stereocenters. The van der Waals surface area contributed by atoms with E-state index < -0.39 is 15.4 Å². The van der Waals surface area contributed by atoms with E-state index in [0.29, 0.717) is 24.9 Å². The number of nitrogens with zero attached hydrogens (tertiary/aromatic N) is 5. The molecule has 1 aliphatic rings. The van der Waals surface area contributed by atoms with Crippen LogP contribution in [-0.4, -0.2) is 45.6 Å². The lowest BCUT2D eigenvalue weighted by Crippen LogP contribution is -2.47. The molecule has 3 rings (SSSR count). The van der Waals surface area contributed by atoms with Gasteiger partial charge in [-0.2, -0.15) is 4.31 Å². The third kappa shape index (κ3) is 2.54. The van der Waals surface area contributed by atoms with Gasteiger partial charge >= 0.3 is 0 Å². The Labute approximate surface area is 129 Å². The molecule has 1 saturated heterocycles. The van der Waals surface area contributed by atoms with Crippen LogP contribution in [0.1, 0.15) is 31.5 Å². The van der Waals surface area contributed by atoms with Crippen molar-refractivity contribution in [3.63, 3.8) is 0 Å². The van der Waals surface area contributed by atoms with Gasteiger partial charge in [-0.15, -0.1) is 10.2 Å². The van der Waals surface area contributed by atoms with Crippen molar-refractivity contribution in [1.29, 1.82) is 0 Å². The molecular weight excluding hydrogens is 306 g/mol. The maximum absolute atomic E-state index is 12.7. The van der Waals surface area contributed by atoms with E-state index in [4.69, 9.17) is 4.42 Å². The second-order valence-corrected chi connectivity index (χ2v) is 7.89. The van der Waals surface area contributed by atoms with Crippen LogP contribution in [0.5, 0.6) is 0 Å². The summed E-state index contributed by atoms with van der Waals surface area (Å²) in [5, 5.41) is 8.00. The first-order valence-corrected chi connectivity index (χ1v) is 8.54. The summed E-state index contributed by atoms with van der Waals surface area (Å²) in [6.07, 6.45) is 4.54. The molecule has 1 atom stereocenters. The number of aryl methyl sites for hydroxylation is 2. The minimum atomic E-state index is -3.60. The van der Waals surface area contributed by atoms with E-state index in [1.54, 1.807) is 18.5 Å². The molecule has 120 valence electrons. The molecule has 2 aromatic rings. The quantitative estimate of drug-likeness (QED) is 0.830. The lowest BCUT2D eigenvalue weighted by Gasteiger charge is -2.36. The molecule has 0 saturated carbocycles. The van der Waals surface area contributed by atoms with Gasteiger partial charge in [0.25, 0.3) is 10.0 Å². The molecule has 1 fully saturated rings. The molecule has 0 aliphatic carbocycles. The van der Waals surface area contributed by atoms with Crippen molar-refractivity contribution < 1.29 is 12.8 Å². The van der Waals surface area contributed by atoms with Crippen LogP contribution >= 0.6 is 0 Å². The van der Waals surface area contributed by atoms with Gasteiger partial charge in [-0.1, -0.05) is 0 Å². The van der Waals surface area contributed by atoms with Crippen molar-refractivity contribution in [2.75, 3.05) is 13.1 Å². The summed E-state index contributed by atoms with van der Waals surface area (Å²) >= 11 is 0. The molecule has 0 N–H and O–H groups in total. The highest BCUT2D eigenvalue weighted by Gasteiger charge is 2.42. The Morgan fingerprint density at radius 3 is 2.73 bits per heavy atom. The first kappa shape index (κ1) is 15.2. The molecule has 0 amide bonds. The highest BCUT2D eigenvalue weighted by Crippen LogP contribution is 2.34. The molecule has 3 heterocycles. The zero-order chi connectivity index (χ0) is 16.0. The number of hydrogen-bond donors (Lipinski definition) is 0. The Morgan fingerprint density at radius 1 is 1.36 bits per heavy atom. The number of aromatic nitrogens is 4. The van der Waals surface area contributed by atoms with Gasteiger partial charge in [-0.05, 0) is 19.8 Å². The normalized spacial score (nSPS) is 23.8. The standard InChI is InChI=1S/C13H19N5O3S/c1-10-15-16-12(21-10)13(2)5-4-6-18(8-13)22(19,20)11-7-17(3)9-14-11/h7,9H,4-6,8H2,1-3H3. The summed E-state index contributed by atoms with van der Waals surface area (Å²) in [5.74, 6) is 0.979. The average Bonchev–Trinajstić information content (AvgIpc) is 3.08. The molecule has 9 heteroatoms. The molecule has 8 nitrogen and oxygen atoms in total. The largest absolute Gasteiger partial charge is 0.425 e. The third-order valence-electron chi connectivity index (χ3n) is 3.99. The average molecular weight is 325 g/mol. The van der Waals surface area contributed by atoms with Gasteiger partial charge in [-0.25, -0.2) is 13.4 Å². The molecule has 0 radical (unpaired) electrons. The number of rotatable bonds is 3. The zero-order valence-electron chi connectivity index (χ0n) is 12.9. The first-order valence-electron chi connectivity index (χ1n) is 7.10. The van der Waals surface area contributed by atoms with Crippen LogP contribution in [0.4, 0.5) is 0 Å². The van der Waals surface area contributed by atoms with Crippen molar-refractivity contribution in [2.45, 2.75) is 37.1 Å². The first-order chi connectivity index (χ1) is 10.3. The van der Waals surface area contributed by atoms with Crippen LogP contribution in [0, 0.1) is 6.92 Å². The van der Waals surface area contributed by atoms with Gasteiger partial charge in [0, 0.05) is 33.3 Å². The van der Waals surface area contributed by atoms with E-state index in [-0.39, 0.29) is 5.03 Å². The van der Waals surface area contributed by atoms with E-state index in [9.17, 15) is 8.42 Å². The van der Waals surface area contributed by atoms with Crippen molar-refractivity contribution in [1.82, 2.24) is 24.1 Å². The predicted octanol–water partition coefficient (Wildman–Crippen LogP) is 0.854. The van der Waals surface area contributed by atoms with Gasteiger partial charge in [0.05, 0.1) is 11.7 Å². The Morgan fingerprint density at radius 2 is 2.14 bits per heavy atom. The second kappa shape index (κ2) is 5.17. The van der Waals surface area contributed by atoms with Crippen molar-refractivity contribution in [2.24, 2.45) is 7.05 Å². The maximum atomic E-state index is 12.7. The van der Waals surface area contributed by atoms with Gasteiger partial charge < -0.3 is 8.98 Å². The van der Waals surface area contributed by atoms with Crippen molar-refractivity contribution in [3.8, 4) is 0 Å². The minimum absolute atomic E-state index is 0.0703. The monoisotopic (exact) mass is 325 g/mol. The van der Waals surface area contributed by atoms with Gasteiger partial charge in [0.1, 0.15) is 0 Å². The number of piperidine rings is 1. The summed E-state index contributed by atoms with van der Waals surface area (Å²) < 4.78 is 34.0. The van der Waals surface area contributed by atoms with Crippen molar-refractivity contribution in [3.05, 3.63) is 24.3 Å². The SMILES string of the molecule is Cc1nnc(C2(C)CCCN(S(=O)(=O)c3cn(C)cn3)C2)o1. The fourth-order valence-electron chi connectivity index (χ4n) is 2.77. The summed E-state index contributed by atoms with van der Waals surface area (Å²) in [4.78, 5) is 3.97. The van der Waals surface area contributed by atoms with Crippen LogP contribution in [0.2, 0.25) is 0 Å². The van der Waals surface area contributed by atoms with Crippen LogP contribution in [-0.2, 0) is 22.5 Å². The topological polar surface area (TPSA) is 94.1 Å². The van der Waals surface area contributed by atoms with Crippen LogP contribution < -0.4 is 0 Å². The molecule has 0 spiro atoms. The number of imidazole rings is 1. The fourth-order valence-corrected chi connectivity index (χ4v) is 4.34. The zero-order valence-corrected chi connectivity index (χ0v) is 13.7. The summed E-state index contributed by atoms with van der Waals surface area (Å²) in [6, 6.07) is 0. The Balaban J connectivity index is 1.90. The lowest BCUT2D eigenvalue weighted by atomic mass is 9.83. The Bertz CT molecular complexity index is 781. The minimum Gasteiger partial charge on any atom is -0.425 e. The number of hydrogen-bond acceptors (Lipinski definition) is 6. The van der Waals surface area contributed by atoms with Gasteiger partial charge in [-0.3, -0.25) is 0 Å². The van der Waals surface area contributed by atoms with Crippen LogP contribution in [0.3, 0.4) is 0 Å². The molecule has 0 bridgehead atoms. The van der Waals surface area contributed by atoms with Gasteiger partial charge in [0.2, 0.25) is 11.8 Å². The summed E-state index contributed by atoms with van der Waals surface area (Å²) in [7, 11) is -1.86.